The van der Waals surface area contributed by atoms with Crippen molar-refractivity contribution >= 4 is 41.7 Å². The standard InChI is InChI=1S/C18H38N4S.HI/c1-6-19-18(20-11-9-10-12-21(7-2)8-3)22-13-14-23-17(15-22)16(4)5;/h16-17H,6-15H2,1-5H3,(H,19,20);1H. The van der Waals surface area contributed by atoms with Gasteiger partial charge in [0.05, 0.1) is 0 Å². The minimum atomic E-state index is 0. The number of thioether (sulfide) groups is 1. The molecule has 0 spiro atoms. The number of hydrogen-bond donors (Lipinski definition) is 1. The first kappa shape index (κ1) is 24.3. The van der Waals surface area contributed by atoms with Crippen LogP contribution in [0.25, 0.3) is 0 Å². The molecule has 0 amide bonds. The van der Waals surface area contributed by atoms with Gasteiger partial charge in [-0.05, 0) is 45.3 Å². The lowest BCUT2D eigenvalue weighted by Gasteiger charge is -2.36. The molecule has 1 heterocycles. The van der Waals surface area contributed by atoms with Crippen LogP contribution < -0.4 is 5.32 Å². The molecular weight excluding hydrogens is 431 g/mol. The van der Waals surface area contributed by atoms with Crippen LogP contribution in [-0.4, -0.2) is 72.6 Å². The maximum atomic E-state index is 4.88. The molecule has 0 radical (unpaired) electrons. The van der Waals surface area contributed by atoms with Crippen LogP contribution in [0.15, 0.2) is 4.99 Å². The quantitative estimate of drug-likeness (QED) is 0.241. The minimum Gasteiger partial charge on any atom is -0.357 e. The highest BCUT2D eigenvalue weighted by atomic mass is 127. The van der Waals surface area contributed by atoms with Gasteiger partial charge in [0, 0.05) is 37.2 Å². The Labute approximate surface area is 171 Å². The van der Waals surface area contributed by atoms with Crippen LogP contribution in [0.4, 0.5) is 0 Å². The van der Waals surface area contributed by atoms with E-state index in [9.17, 15) is 0 Å². The Kier molecular flexibility index (Phi) is 14.7. The maximum absolute atomic E-state index is 4.88. The summed E-state index contributed by atoms with van der Waals surface area (Å²) in [6, 6.07) is 0. The molecule has 1 N–H and O–H groups in total. The summed E-state index contributed by atoms with van der Waals surface area (Å²) in [7, 11) is 0. The lowest BCUT2D eigenvalue weighted by atomic mass is 10.1. The number of aliphatic imine (C=N–C) groups is 1. The first-order valence-electron chi connectivity index (χ1n) is 9.49. The van der Waals surface area contributed by atoms with Gasteiger partial charge >= 0.3 is 0 Å². The fourth-order valence-electron chi connectivity index (χ4n) is 2.87. The van der Waals surface area contributed by atoms with Gasteiger partial charge < -0.3 is 15.1 Å². The largest absolute Gasteiger partial charge is 0.357 e. The first-order chi connectivity index (χ1) is 11.1. The predicted molar refractivity (Wildman–Crippen MR) is 121 cm³/mol. The van der Waals surface area contributed by atoms with E-state index in [2.05, 4.69) is 61.5 Å². The summed E-state index contributed by atoms with van der Waals surface area (Å²) >= 11 is 2.12. The van der Waals surface area contributed by atoms with E-state index in [-0.39, 0.29) is 24.0 Å². The number of nitrogens with one attached hydrogen (secondary N) is 1. The van der Waals surface area contributed by atoms with E-state index in [1.807, 2.05) is 0 Å². The molecular formula is C18H39IN4S. The van der Waals surface area contributed by atoms with E-state index >= 15 is 0 Å². The van der Waals surface area contributed by atoms with Crippen molar-refractivity contribution in [3.05, 3.63) is 0 Å². The lowest BCUT2D eigenvalue weighted by Crippen LogP contribution is -2.49. The van der Waals surface area contributed by atoms with Crippen LogP contribution in [0.3, 0.4) is 0 Å². The van der Waals surface area contributed by atoms with Crippen molar-refractivity contribution in [2.45, 2.75) is 52.7 Å². The molecule has 24 heavy (non-hydrogen) atoms. The summed E-state index contributed by atoms with van der Waals surface area (Å²) < 4.78 is 0. The number of hydrogen-bond acceptors (Lipinski definition) is 3. The first-order valence-corrected chi connectivity index (χ1v) is 10.5. The van der Waals surface area contributed by atoms with E-state index in [4.69, 9.17) is 4.99 Å². The van der Waals surface area contributed by atoms with Crippen molar-refractivity contribution in [2.75, 3.05) is 51.6 Å². The van der Waals surface area contributed by atoms with Gasteiger partial charge in [-0.1, -0.05) is 27.7 Å². The molecule has 1 fully saturated rings. The van der Waals surface area contributed by atoms with Gasteiger partial charge in [0.15, 0.2) is 5.96 Å². The fraction of sp³-hybridized carbons (Fsp3) is 0.944. The predicted octanol–water partition coefficient (Wildman–Crippen LogP) is 3.77. The molecule has 6 heteroatoms. The number of nitrogens with zero attached hydrogens (tertiary/aromatic N) is 3. The monoisotopic (exact) mass is 470 g/mol. The molecule has 4 nitrogen and oxygen atoms in total. The Hall–Kier alpha value is 0.310. The SMILES string of the molecule is CCNC(=NCCCCN(CC)CC)N1CCSC(C(C)C)C1.I. The van der Waals surface area contributed by atoms with E-state index in [1.165, 1.54) is 25.1 Å². The van der Waals surface area contributed by atoms with Gasteiger partial charge in [-0.2, -0.15) is 11.8 Å². The van der Waals surface area contributed by atoms with Gasteiger partial charge in [-0.15, -0.1) is 24.0 Å². The number of halogens is 1. The van der Waals surface area contributed by atoms with Gasteiger partial charge in [-0.25, -0.2) is 0 Å². The Morgan fingerprint density at radius 1 is 1.25 bits per heavy atom. The maximum Gasteiger partial charge on any atom is 0.193 e. The van der Waals surface area contributed by atoms with Crippen molar-refractivity contribution in [3.63, 3.8) is 0 Å². The third-order valence-electron chi connectivity index (χ3n) is 4.51. The summed E-state index contributed by atoms with van der Waals surface area (Å²) in [4.78, 5) is 9.84. The van der Waals surface area contributed by atoms with Crippen LogP contribution in [0.5, 0.6) is 0 Å². The van der Waals surface area contributed by atoms with Gasteiger partial charge in [0.1, 0.15) is 0 Å². The molecule has 0 aromatic carbocycles. The molecule has 0 aliphatic carbocycles. The highest BCUT2D eigenvalue weighted by Gasteiger charge is 2.24. The van der Waals surface area contributed by atoms with E-state index in [0.717, 1.165) is 56.4 Å². The smallest absolute Gasteiger partial charge is 0.193 e. The normalized spacial score (nSPS) is 18.9. The van der Waals surface area contributed by atoms with Crippen molar-refractivity contribution in [1.82, 2.24) is 15.1 Å². The topological polar surface area (TPSA) is 30.9 Å². The molecule has 0 saturated carbocycles. The van der Waals surface area contributed by atoms with Crippen LogP contribution >= 0.6 is 35.7 Å². The zero-order valence-electron chi connectivity index (χ0n) is 16.4. The van der Waals surface area contributed by atoms with Crippen molar-refractivity contribution in [1.29, 1.82) is 0 Å². The zero-order valence-corrected chi connectivity index (χ0v) is 19.5. The third kappa shape index (κ3) is 9.13. The van der Waals surface area contributed by atoms with Crippen molar-refractivity contribution < 1.29 is 0 Å². The highest BCUT2D eigenvalue weighted by molar-refractivity contribution is 14.0. The van der Waals surface area contributed by atoms with E-state index in [0.29, 0.717) is 0 Å². The molecule has 0 bridgehead atoms. The Morgan fingerprint density at radius 2 is 1.96 bits per heavy atom. The Balaban J connectivity index is 0.00000529. The number of unbranched alkanes of at least 4 members (excludes halogenated alkanes) is 1. The molecule has 0 aromatic heterocycles. The summed E-state index contributed by atoms with van der Waals surface area (Å²) in [5.74, 6) is 3.08. The van der Waals surface area contributed by atoms with Crippen LogP contribution in [0.1, 0.15) is 47.5 Å². The molecule has 0 aromatic rings. The minimum absolute atomic E-state index is 0. The van der Waals surface area contributed by atoms with Crippen molar-refractivity contribution in [2.24, 2.45) is 10.9 Å². The zero-order chi connectivity index (χ0) is 17.1. The summed E-state index contributed by atoms with van der Waals surface area (Å²) in [6.07, 6.45) is 2.43. The second kappa shape index (κ2) is 14.5. The van der Waals surface area contributed by atoms with Crippen molar-refractivity contribution in [3.8, 4) is 0 Å². The second-order valence-electron chi connectivity index (χ2n) is 6.57. The van der Waals surface area contributed by atoms with Gasteiger partial charge in [0.25, 0.3) is 0 Å². The van der Waals surface area contributed by atoms with Crippen LogP contribution in [0.2, 0.25) is 0 Å². The summed E-state index contributed by atoms with van der Waals surface area (Å²) in [5, 5.41) is 4.22. The average molecular weight is 471 g/mol. The molecule has 1 aliphatic heterocycles. The fourth-order valence-corrected chi connectivity index (χ4v) is 4.17. The molecule has 1 rings (SSSR count). The van der Waals surface area contributed by atoms with Crippen LogP contribution in [0, 0.1) is 5.92 Å². The molecule has 1 aliphatic rings. The van der Waals surface area contributed by atoms with Crippen LogP contribution in [-0.2, 0) is 0 Å². The molecule has 144 valence electrons. The average Bonchev–Trinajstić information content (AvgIpc) is 2.57. The summed E-state index contributed by atoms with van der Waals surface area (Å²) in [5.41, 5.74) is 0. The van der Waals surface area contributed by atoms with E-state index < -0.39 is 0 Å². The lowest BCUT2D eigenvalue weighted by molar-refractivity contribution is 0.297. The Morgan fingerprint density at radius 3 is 2.54 bits per heavy atom. The van der Waals surface area contributed by atoms with Gasteiger partial charge in [-0.3, -0.25) is 4.99 Å². The third-order valence-corrected chi connectivity index (χ3v) is 6.05. The van der Waals surface area contributed by atoms with Gasteiger partial charge in [0.2, 0.25) is 0 Å². The second-order valence-corrected chi connectivity index (χ2v) is 7.92. The number of guanidine groups is 1. The summed E-state index contributed by atoms with van der Waals surface area (Å²) in [6.45, 7) is 19.0. The number of rotatable bonds is 9. The highest BCUT2D eigenvalue weighted by Crippen LogP contribution is 2.24. The Bertz CT molecular complexity index is 335. The van der Waals surface area contributed by atoms with E-state index in [1.54, 1.807) is 0 Å². The molecule has 1 unspecified atom stereocenters. The molecule has 1 saturated heterocycles. The molecule has 1 atom stereocenters.